The van der Waals surface area contributed by atoms with Crippen molar-refractivity contribution in [1.29, 1.82) is 0 Å². The van der Waals surface area contributed by atoms with Crippen LogP contribution in [0.15, 0.2) is 18.2 Å². The predicted octanol–water partition coefficient (Wildman–Crippen LogP) is 1.39. The predicted molar refractivity (Wildman–Crippen MR) is 176 cm³/mol. The molecule has 0 unspecified atom stereocenters. The zero-order valence-corrected chi connectivity index (χ0v) is 28.5. The summed E-state index contributed by atoms with van der Waals surface area (Å²) in [5.41, 5.74) is 21.7. The molecule has 0 aliphatic carbocycles. The van der Waals surface area contributed by atoms with E-state index in [1.54, 1.807) is 0 Å². The first-order valence-electron chi connectivity index (χ1n) is 15.7. The zero-order chi connectivity index (χ0) is 42.2. The normalized spacial score (nSPS) is 12.6. The van der Waals surface area contributed by atoms with Crippen LogP contribution < -0.4 is 38.9 Å². The summed E-state index contributed by atoms with van der Waals surface area (Å²) in [5, 5.41) is 44.6. The Hall–Kier alpha value is -5.37. The summed E-state index contributed by atoms with van der Waals surface area (Å²) >= 11 is 0. The first-order chi connectivity index (χ1) is 24.9. The third-order valence-electron chi connectivity index (χ3n) is 6.65. The number of non-ortho nitro benzene ring substituents is 1. The summed E-state index contributed by atoms with van der Waals surface area (Å²) in [7, 11) is 0. The number of nitrogens with two attached hydrogens (primary N) is 4. The van der Waals surface area contributed by atoms with Gasteiger partial charge in [0.25, 0.3) is 11.4 Å². The molecule has 54 heavy (non-hydrogen) atoms. The van der Waals surface area contributed by atoms with Crippen molar-refractivity contribution in [1.82, 2.24) is 10.6 Å². The van der Waals surface area contributed by atoms with Gasteiger partial charge < -0.3 is 49.1 Å². The van der Waals surface area contributed by atoms with Gasteiger partial charge in [0.15, 0.2) is 0 Å². The van der Waals surface area contributed by atoms with Crippen LogP contribution >= 0.6 is 0 Å². The number of nitro groups is 2. The Balaban J connectivity index is 0. The molecule has 20 nitrogen and oxygen atoms in total. The van der Waals surface area contributed by atoms with Crippen LogP contribution in [0.5, 0.6) is 0 Å². The lowest BCUT2D eigenvalue weighted by molar-refractivity contribution is -0.393. The number of alkyl halides is 6. The second-order valence-corrected chi connectivity index (χ2v) is 10.9. The maximum atomic E-state index is 13.0. The molecular formula is C28H43F6N9O11. The molecule has 0 saturated carbocycles. The van der Waals surface area contributed by atoms with Gasteiger partial charge in [-0.3, -0.25) is 34.6 Å². The van der Waals surface area contributed by atoms with E-state index >= 15 is 0 Å². The Morgan fingerprint density at radius 3 is 1.59 bits per heavy atom. The Morgan fingerprint density at radius 1 is 0.722 bits per heavy atom. The number of amides is 3. The van der Waals surface area contributed by atoms with Gasteiger partial charge >= 0.3 is 24.3 Å². The van der Waals surface area contributed by atoms with Gasteiger partial charge in [0.05, 0.1) is 22.0 Å². The molecule has 1 rings (SSSR count). The Bertz CT molecular complexity index is 1380. The summed E-state index contributed by atoms with van der Waals surface area (Å²) in [6.07, 6.45) is -5.87. The van der Waals surface area contributed by atoms with E-state index in [1.165, 1.54) is 6.07 Å². The number of carbonyl (C=O) groups excluding carboxylic acids is 3. The third-order valence-corrected chi connectivity index (χ3v) is 6.65. The van der Waals surface area contributed by atoms with Crippen molar-refractivity contribution in [2.24, 2.45) is 22.9 Å². The number of nitrogens with zero attached hydrogens (tertiary/aromatic N) is 2. The lowest BCUT2D eigenvalue weighted by Crippen LogP contribution is -2.55. The Morgan fingerprint density at radius 2 is 1.17 bits per heavy atom. The number of hydrogen-bond acceptors (Lipinski definition) is 13. The molecule has 0 spiro atoms. The largest absolute Gasteiger partial charge is 0.490 e. The number of aliphatic carboxylic acids is 2. The second-order valence-electron chi connectivity index (χ2n) is 10.9. The maximum Gasteiger partial charge on any atom is 0.490 e. The highest BCUT2D eigenvalue weighted by Gasteiger charge is 2.39. The van der Waals surface area contributed by atoms with Gasteiger partial charge in [-0.15, -0.1) is 0 Å². The van der Waals surface area contributed by atoms with E-state index in [0.29, 0.717) is 64.5 Å². The molecule has 0 heterocycles. The van der Waals surface area contributed by atoms with Crippen molar-refractivity contribution >= 4 is 46.7 Å². The molecular weight excluding hydrogens is 752 g/mol. The monoisotopic (exact) mass is 795 g/mol. The Labute approximate surface area is 302 Å². The number of benzene rings is 1. The molecule has 0 fully saturated rings. The van der Waals surface area contributed by atoms with E-state index in [-0.39, 0.29) is 18.7 Å². The molecule has 0 radical (unpaired) electrons. The number of hydrogen-bond donors (Lipinski definition) is 9. The van der Waals surface area contributed by atoms with Crippen LogP contribution in [-0.4, -0.2) is 99.8 Å². The fourth-order valence-corrected chi connectivity index (χ4v) is 3.87. The molecule has 0 bridgehead atoms. The fraction of sp³-hybridized carbons (Fsp3) is 0.607. The minimum atomic E-state index is -5.08. The molecule has 0 saturated heterocycles. The number of rotatable bonds is 21. The molecule has 3 amide bonds. The molecule has 0 aliphatic heterocycles. The molecule has 1 aromatic rings. The van der Waals surface area contributed by atoms with Crippen LogP contribution in [0.2, 0.25) is 0 Å². The van der Waals surface area contributed by atoms with Crippen LogP contribution in [-0.2, 0) is 24.0 Å². The van der Waals surface area contributed by atoms with Crippen molar-refractivity contribution in [2.45, 2.75) is 88.3 Å². The highest BCUT2D eigenvalue weighted by atomic mass is 19.4. The van der Waals surface area contributed by atoms with E-state index in [4.69, 9.17) is 42.7 Å². The lowest BCUT2D eigenvalue weighted by Gasteiger charge is -2.23. The summed E-state index contributed by atoms with van der Waals surface area (Å²) in [4.78, 5) is 76.1. The molecule has 26 heteroatoms. The number of nitrogens with one attached hydrogen (secondary N) is 3. The van der Waals surface area contributed by atoms with E-state index in [9.17, 15) is 61.0 Å². The molecule has 1 aromatic carbocycles. The second kappa shape index (κ2) is 25.6. The number of nitro benzene ring substituents is 2. The maximum absolute atomic E-state index is 13.0. The summed E-state index contributed by atoms with van der Waals surface area (Å²) in [6, 6.07) is 0.511. The number of anilines is 1. The molecule has 0 aliphatic rings. The standard InChI is InChI=1S/C24H41N9O7.2C2HF3O2/c25-12-4-1-7-17(27)23(35)31-20(24(36)30-19(22(28)34)8-2-5-13-26)9-3-6-14-29-18-11-10-16(32(37)38)15-21(18)33(39)40;2*3-2(4,5)1(6)7/h10-11,15,17,19-20,29H,1-9,12-14,25-27H2,(H2,28,34)(H,30,36)(H,31,35);2*(H,6,7)/t17-,19-,20-;;/m0../s1. The average Bonchev–Trinajstić information content (AvgIpc) is 3.06. The molecule has 3 atom stereocenters. The highest BCUT2D eigenvalue weighted by molar-refractivity contribution is 5.92. The van der Waals surface area contributed by atoms with E-state index < -0.39 is 81.4 Å². The van der Waals surface area contributed by atoms with Gasteiger partial charge in [0, 0.05) is 12.6 Å². The molecule has 308 valence electrons. The average molecular weight is 796 g/mol. The fourth-order valence-electron chi connectivity index (χ4n) is 3.87. The van der Waals surface area contributed by atoms with Crippen molar-refractivity contribution < 1.29 is 70.4 Å². The van der Waals surface area contributed by atoms with Gasteiger partial charge in [-0.05, 0) is 70.5 Å². The van der Waals surface area contributed by atoms with Crippen LogP contribution in [0, 0.1) is 20.2 Å². The van der Waals surface area contributed by atoms with Crippen molar-refractivity contribution in [3.8, 4) is 0 Å². The number of primary amides is 1. The van der Waals surface area contributed by atoms with Gasteiger partial charge in [0.2, 0.25) is 17.7 Å². The topological polar surface area (TPSA) is 352 Å². The highest BCUT2D eigenvalue weighted by Crippen LogP contribution is 2.29. The third kappa shape index (κ3) is 22.5. The van der Waals surface area contributed by atoms with Crippen molar-refractivity contribution in [3.63, 3.8) is 0 Å². The van der Waals surface area contributed by atoms with Gasteiger partial charge in [0.1, 0.15) is 17.8 Å². The first kappa shape index (κ1) is 50.7. The Kier molecular flexibility index (Phi) is 24.0. The van der Waals surface area contributed by atoms with E-state index in [2.05, 4.69) is 16.0 Å². The van der Waals surface area contributed by atoms with Crippen molar-refractivity contribution in [2.75, 3.05) is 25.0 Å². The number of unbranched alkanes of at least 4 members (excludes halogenated alkanes) is 3. The first-order valence-corrected chi connectivity index (χ1v) is 15.7. The zero-order valence-electron chi connectivity index (χ0n) is 28.5. The smallest absolute Gasteiger partial charge is 0.475 e. The van der Waals surface area contributed by atoms with Crippen LogP contribution in [0.1, 0.15) is 57.8 Å². The quantitative estimate of drug-likeness (QED) is 0.0367. The number of carbonyl (C=O) groups is 5. The van der Waals surface area contributed by atoms with Crippen LogP contribution in [0.25, 0.3) is 0 Å². The number of halogens is 6. The number of carboxylic acids is 2. The summed E-state index contributed by atoms with van der Waals surface area (Å²) < 4.78 is 63.5. The van der Waals surface area contributed by atoms with Crippen molar-refractivity contribution in [3.05, 3.63) is 38.4 Å². The summed E-state index contributed by atoms with van der Waals surface area (Å²) in [5.74, 6) is -7.32. The minimum absolute atomic E-state index is 0.114. The SMILES string of the molecule is NCCCC[C@H](NC(=O)[C@H](CCCCNc1ccc([N+](=O)[O-])cc1[N+](=O)[O-])NC(=O)[C@@H](N)CCCCN)C(N)=O.O=C(O)C(F)(F)F.O=C(O)C(F)(F)F. The van der Waals surface area contributed by atoms with Crippen LogP contribution in [0.4, 0.5) is 43.4 Å². The summed E-state index contributed by atoms with van der Waals surface area (Å²) in [6.45, 7) is 1.15. The van der Waals surface area contributed by atoms with Crippen LogP contribution in [0.3, 0.4) is 0 Å². The van der Waals surface area contributed by atoms with Gasteiger partial charge in [-0.2, -0.15) is 26.3 Å². The molecule has 0 aromatic heterocycles. The minimum Gasteiger partial charge on any atom is -0.475 e. The van der Waals surface area contributed by atoms with E-state index in [0.717, 1.165) is 12.1 Å². The van der Waals surface area contributed by atoms with Gasteiger partial charge in [-0.25, -0.2) is 9.59 Å². The lowest BCUT2D eigenvalue weighted by atomic mass is 10.0. The number of carboxylic acid groups (broad SMARTS) is 2. The van der Waals surface area contributed by atoms with E-state index in [1.807, 2.05) is 0 Å². The molecule has 13 N–H and O–H groups in total. The van der Waals surface area contributed by atoms with Gasteiger partial charge in [-0.1, -0.05) is 6.42 Å².